The predicted molar refractivity (Wildman–Crippen MR) is 65.9 cm³/mol. The number of benzene rings is 1. The molecule has 18 heavy (non-hydrogen) atoms. The van der Waals surface area contributed by atoms with Gasteiger partial charge < -0.3 is 9.47 Å². The van der Waals surface area contributed by atoms with Crippen LogP contribution in [0.15, 0.2) is 30.3 Å². The molecule has 1 aromatic rings. The van der Waals surface area contributed by atoms with Crippen LogP contribution in [0, 0.1) is 10.1 Å². The zero-order valence-corrected chi connectivity index (χ0v) is 10.5. The van der Waals surface area contributed by atoms with Crippen molar-refractivity contribution in [2.75, 3.05) is 13.2 Å². The van der Waals surface area contributed by atoms with Gasteiger partial charge in [0.05, 0.1) is 18.6 Å². The molecule has 5 heteroatoms. The fourth-order valence-corrected chi connectivity index (χ4v) is 2.21. The monoisotopic (exact) mass is 251 g/mol. The lowest BCUT2D eigenvalue weighted by molar-refractivity contribution is -0.485. The molecule has 0 saturated carbocycles. The van der Waals surface area contributed by atoms with E-state index in [9.17, 15) is 10.1 Å². The van der Waals surface area contributed by atoms with Gasteiger partial charge >= 0.3 is 0 Å². The van der Waals surface area contributed by atoms with Crippen molar-refractivity contribution in [1.29, 1.82) is 0 Å². The first-order chi connectivity index (χ1) is 8.48. The fourth-order valence-electron chi connectivity index (χ4n) is 2.21. The minimum absolute atomic E-state index is 0.145. The van der Waals surface area contributed by atoms with Gasteiger partial charge in [0.15, 0.2) is 5.79 Å². The maximum atomic E-state index is 10.8. The Kier molecular flexibility index (Phi) is 3.63. The highest BCUT2D eigenvalue weighted by Gasteiger charge is 2.39. The number of hydrogen-bond donors (Lipinski definition) is 0. The summed E-state index contributed by atoms with van der Waals surface area (Å²) < 4.78 is 11.2. The quantitative estimate of drug-likeness (QED) is 0.608. The van der Waals surface area contributed by atoms with Crippen LogP contribution in [0.2, 0.25) is 0 Å². The molecule has 0 unspecified atom stereocenters. The van der Waals surface area contributed by atoms with E-state index < -0.39 is 5.79 Å². The molecule has 0 radical (unpaired) electrons. The van der Waals surface area contributed by atoms with Crippen LogP contribution in [-0.2, 0) is 9.47 Å². The first-order valence-electron chi connectivity index (χ1n) is 5.96. The first kappa shape index (κ1) is 13.0. The molecule has 1 heterocycles. The Hall–Kier alpha value is -1.46. The Morgan fingerprint density at radius 2 is 2.11 bits per heavy atom. The van der Waals surface area contributed by atoms with E-state index in [2.05, 4.69) is 0 Å². The second-order valence-corrected chi connectivity index (χ2v) is 4.90. The van der Waals surface area contributed by atoms with Gasteiger partial charge in [0.25, 0.3) is 0 Å². The average molecular weight is 251 g/mol. The molecule has 1 fully saturated rings. The molecule has 1 aliphatic heterocycles. The molecule has 0 spiro atoms. The van der Waals surface area contributed by atoms with E-state index >= 15 is 0 Å². The molecular weight excluding hydrogens is 234 g/mol. The molecule has 2 rings (SSSR count). The number of rotatable bonds is 4. The van der Waals surface area contributed by atoms with Gasteiger partial charge in [-0.2, -0.15) is 0 Å². The van der Waals surface area contributed by atoms with E-state index in [-0.39, 0.29) is 23.5 Å². The van der Waals surface area contributed by atoms with Crippen LogP contribution in [0.25, 0.3) is 0 Å². The van der Waals surface area contributed by atoms with Gasteiger partial charge in [-0.15, -0.1) is 0 Å². The molecule has 0 N–H and O–H groups in total. The molecular formula is C13H17NO4. The van der Waals surface area contributed by atoms with E-state index in [0.717, 1.165) is 5.56 Å². The van der Waals surface area contributed by atoms with Crippen LogP contribution in [0.1, 0.15) is 25.3 Å². The van der Waals surface area contributed by atoms with Gasteiger partial charge in [-0.1, -0.05) is 30.3 Å². The topological polar surface area (TPSA) is 61.6 Å². The molecule has 0 aromatic heterocycles. The van der Waals surface area contributed by atoms with Crippen molar-refractivity contribution in [1.82, 2.24) is 0 Å². The Labute approximate surface area is 106 Å². The standard InChI is InChI=1S/C13H17NO4/c1-13(2)17-9-12(18-13)11(8-14(15)16)10-6-4-3-5-7-10/h3-7,11-12H,8-9H2,1-2H3/t11-,12+/m0/s1. The minimum atomic E-state index is -0.658. The summed E-state index contributed by atoms with van der Waals surface area (Å²) in [4.78, 5) is 10.5. The van der Waals surface area contributed by atoms with Crippen LogP contribution in [0.3, 0.4) is 0 Å². The third-order valence-corrected chi connectivity index (χ3v) is 3.05. The second kappa shape index (κ2) is 5.04. The first-order valence-corrected chi connectivity index (χ1v) is 5.96. The fraction of sp³-hybridized carbons (Fsp3) is 0.538. The summed E-state index contributed by atoms with van der Waals surface area (Å²) in [6.07, 6.45) is -0.271. The van der Waals surface area contributed by atoms with E-state index in [0.29, 0.717) is 6.61 Å². The highest BCUT2D eigenvalue weighted by molar-refractivity contribution is 5.21. The zero-order valence-electron chi connectivity index (χ0n) is 10.5. The smallest absolute Gasteiger partial charge is 0.213 e. The van der Waals surface area contributed by atoms with Gasteiger partial charge in [0.2, 0.25) is 6.54 Å². The lowest BCUT2D eigenvalue weighted by atomic mass is 9.94. The minimum Gasteiger partial charge on any atom is -0.348 e. The summed E-state index contributed by atoms with van der Waals surface area (Å²) in [6, 6.07) is 9.43. The van der Waals surface area contributed by atoms with E-state index in [1.807, 2.05) is 44.2 Å². The summed E-state index contributed by atoms with van der Waals surface area (Å²) in [5, 5.41) is 10.8. The highest BCUT2D eigenvalue weighted by Crippen LogP contribution is 2.32. The third kappa shape index (κ3) is 3.05. The molecule has 0 amide bonds. The van der Waals surface area contributed by atoms with Crippen molar-refractivity contribution < 1.29 is 14.4 Å². The van der Waals surface area contributed by atoms with Crippen molar-refractivity contribution >= 4 is 0 Å². The van der Waals surface area contributed by atoms with E-state index in [4.69, 9.17) is 9.47 Å². The van der Waals surface area contributed by atoms with Gasteiger partial charge in [-0.25, -0.2) is 0 Å². The third-order valence-electron chi connectivity index (χ3n) is 3.05. The maximum absolute atomic E-state index is 10.8. The highest BCUT2D eigenvalue weighted by atomic mass is 16.7. The maximum Gasteiger partial charge on any atom is 0.213 e. The van der Waals surface area contributed by atoms with Crippen LogP contribution in [0.4, 0.5) is 0 Å². The number of nitrogens with zero attached hydrogens (tertiary/aromatic N) is 1. The SMILES string of the molecule is CC1(C)OC[C@H]([C@@H](C[N+](=O)[O-])c2ccccc2)O1. The number of ether oxygens (including phenoxy) is 2. The molecule has 1 saturated heterocycles. The molecule has 0 aliphatic carbocycles. The summed E-state index contributed by atoms with van der Waals surface area (Å²) in [6.45, 7) is 3.89. The lowest BCUT2D eigenvalue weighted by Crippen LogP contribution is -2.29. The molecule has 2 atom stereocenters. The normalized spacial score (nSPS) is 23.8. The van der Waals surface area contributed by atoms with E-state index in [1.54, 1.807) is 0 Å². The van der Waals surface area contributed by atoms with Crippen LogP contribution in [0.5, 0.6) is 0 Å². The van der Waals surface area contributed by atoms with Gasteiger partial charge in [-0.3, -0.25) is 10.1 Å². The van der Waals surface area contributed by atoms with Crippen LogP contribution >= 0.6 is 0 Å². The molecule has 1 aromatic carbocycles. The van der Waals surface area contributed by atoms with Gasteiger partial charge in [0.1, 0.15) is 0 Å². The lowest BCUT2D eigenvalue weighted by Gasteiger charge is -2.21. The van der Waals surface area contributed by atoms with Crippen LogP contribution < -0.4 is 0 Å². The molecule has 1 aliphatic rings. The van der Waals surface area contributed by atoms with Crippen molar-refractivity contribution in [2.24, 2.45) is 0 Å². The predicted octanol–water partition coefficient (Wildman–Crippen LogP) is 2.20. The Balaban J connectivity index is 2.19. The Morgan fingerprint density at radius 1 is 1.44 bits per heavy atom. The summed E-state index contributed by atoms with van der Waals surface area (Å²) >= 11 is 0. The number of nitro groups is 1. The van der Waals surface area contributed by atoms with E-state index in [1.165, 1.54) is 0 Å². The van der Waals surface area contributed by atoms with Crippen molar-refractivity contribution in [3.63, 3.8) is 0 Å². The summed E-state index contributed by atoms with van der Waals surface area (Å²) in [5.41, 5.74) is 0.917. The van der Waals surface area contributed by atoms with Gasteiger partial charge in [-0.05, 0) is 19.4 Å². The van der Waals surface area contributed by atoms with Crippen molar-refractivity contribution in [3.8, 4) is 0 Å². The zero-order chi connectivity index (χ0) is 13.2. The summed E-state index contributed by atoms with van der Waals surface area (Å²) in [7, 11) is 0. The number of hydrogen-bond acceptors (Lipinski definition) is 4. The summed E-state index contributed by atoms with van der Waals surface area (Å²) in [5.74, 6) is -0.933. The second-order valence-electron chi connectivity index (χ2n) is 4.90. The van der Waals surface area contributed by atoms with Gasteiger partial charge in [0, 0.05) is 4.92 Å². The van der Waals surface area contributed by atoms with Crippen molar-refractivity contribution in [2.45, 2.75) is 31.7 Å². The average Bonchev–Trinajstić information content (AvgIpc) is 2.67. The van der Waals surface area contributed by atoms with Crippen molar-refractivity contribution in [3.05, 3.63) is 46.0 Å². The molecule has 5 nitrogen and oxygen atoms in total. The Bertz CT molecular complexity index is 418. The van der Waals surface area contributed by atoms with Crippen LogP contribution in [-0.4, -0.2) is 30.0 Å². The molecule has 98 valence electrons. The molecule has 0 bridgehead atoms. The largest absolute Gasteiger partial charge is 0.348 e. The Morgan fingerprint density at radius 3 is 2.61 bits per heavy atom.